The van der Waals surface area contributed by atoms with E-state index in [1.807, 2.05) is 12.2 Å². The predicted molar refractivity (Wildman–Crippen MR) is 141 cm³/mol. The fourth-order valence-electron chi connectivity index (χ4n) is 3.76. The Labute approximate surface area is 237 Å². The van der Waals surface area contributed by atoms with Gasteiger partial charge in [-0.2, -0.15) is 0 Å². The monoisotopic (exact) mass is 665 g/mol. The third-order valence-electron chi connectivity index (χ3n) is 6.03. The fourth-order valence-corrected chi connectivity index (χ4v) is 3.99. The van der Waals surface area contributed by atoms with Crippen molar-refractivity contribution in [2.24, 2.45) is 5.41 Å². The van der Waals surface area contributed by atoms with E-state index < -0.39 is 32.0 Å². The summed E-state index contributed by atoms with van der Waals surface area (Å²) in [5.74, 6) is -2.05. The summed E-state index contributed by atoms with van der Waals surface area (Å²) in [5.41, 5.74) is -0.326. The Balaban J connectivity index is 1.49. The van der Waals surface area contributed by atoms with Crippen LogP contribution < -0.4 is 0 Å². The van der Waals surface area contributed by atoms with E-state index in [4.69, 9.17) is 23.7 Å². The highest BCUT2D eigenvalue weighted by Crippen LogP contribution is 2.54. The molecule has 3 rings (SSSR count). The third-order valence-corrected chi connectivity index (χ3v) is 6.68. The molecule has 1 aromatic rings. The highest BCUT2D eigenvalue weighted by molar-refractivity contribution is 9.10. The summed E-state index contributed by atoms with van der Waals surface area (Å²) >= 11 is 6.42. The maximum Gasteiger partial charge on any atom is 0.322 e. The van der Waals surface area contributed by atoms with Gasteiger partial charge in [0.25, 0.3) is 0 Å². The molecule has 0 aliphatic carbocycles. The van der Waals surface area contributed by atoms with E-state index in [-0.39, 0.29) is 63.5 Å². The van der Waals surface area contributed by atoms with Crippen LogP contribution in [0, 0.1) is 5.41 Å². The summed E-state index contributed by atoms with van der Waals surface area (Å²) in [5, 5.41) is 21.0. The molecule has 0 spiro atoms. The molecule has 13 heteroatoms. The second-order valence-corrected chi connectivity index (χ2v) is 14.4. The zero-order chi connectivity index (χ0) is 28.5. The Bertz CT molecular complexity index is 1030. The molecule has 38 heavy (non-hydrogen) atoms. The lowest BCUT2D eigenvalue weighted by molar-refractivity contribution is -0.172. The van der Waals surface area contributed by atoms with Crippen molar-refractivity contribution >= 4 is 49.8 Å². The fraction of sp³-hybridized carbons (Fsp3) is 0.640. The van der Waals surface area contributed by atoms with Gasteiger partial charge in [-0.3, -0.25) is 19.0 Å². The number of rotatable bonds is 13. The molecular formula is C25H33Br2NO10. The number of carbonyl (C=O) groups is 3. The molecule has 2 unspecified atom stereocenters. The Morgan fingerprint density at radius 3 is 1.74 bits per heavy atom. The largest absolute Gasteiger partial charge is 0.494 e. The molecule has 1 aromatic heterocycles. The van der Waals surface area contributed by atoms with Gasteiger partial charge in [-0.1, -0.05) is 44.0 Å². The maximum atomic E-state index is 12.9. The van der Waals surface area contributed by atoms with E-state index in [2.05, 4.69) is 31.9 Å². The van der Waals surface area contributed by atoms with E-state index in [1.54, 1.807) is 27.7 Å². The summed E-state index contributed by atoms with van der Waals surface area (Å²) in [7, 11) is 0. The molecule has 0 saturated carbocycles. The maximum absolute atomic E-state index is 12.9. The van der Waals surface area contributed by atoms with Gasteiger partial charge in [0.2, 0.25) is 11.8 Å². The average Bonchev–Trinajstić information content (AvgIpc) is 3.51. The number of hydrogen-bond donors (Lipinski definition) is 2. The number of fused-ring (bicyclic) bond motifs is 5. The molecule has 0 aromatic carbocycles. The second-order valence-electron chi connectivity index (χ2n) is 10.4. The number of nitrogens with zero attached hydrogens (tertiary/aromatic N) is 1. The number of halogens is 2. The first-order valence-electron chi connectivity index (χ1n) is 12.0. The Kier molecular flexibility index (Phi) is 9.27. The van der Waals surface area contributed by atoms with Crippen LogP contribution in [0.2, 0.25) is 0 Å². The standard InChI is InChI=1S/C25H33Br2NO10/c1-23(2,26)20(31)36-12-25(5,13-37-21(32)24(3,4)27)22(33)35-11-10-34-9-8-28-18(29)16-14-6-7-15(38-14)17(16)19(28)30/h6-7,14-15,29-30H,8-13H2,1-5H3. The highest BCUT2D eigenvalue weighted by atomic mass is 79.9. The lowest BCUT2D eigenvalue weighted by Crippen LogP contribution is -2.43. The van der Waals surface area contributed by atoms with Gasteiger partial charge in [-0.15, -0.1) is 0 Å². The van der Waals surface area contributed by atoms with Crippen molar-refractivity contribution in [3.63, 3.8) is 0 Å². The molecule has 212 valence electrons. The molecule has 2 atom stereocenters. The van der Waals surface area contributed by atoms with Crippen LogP contribution in [0.4, 0.5) is 0 Å². The minimum atomic E-state index is -1.46. The van der Waals surface area contributed by atoms with Crippen molar-refractivity contribution in [3.05, 3.63) is 23.3 Å². The first-order chi connectivity index (χ1) is 17.6. The molecule has 2 bridgehead atoms. The van der Waals surface area contributed by atoms with E-state index in [0.29, 0.717) is 11.1 Å². The zero-order valence-electron chi connectivity index (χ0n) is 21.9. The lowest BCUT2D eigenvalue weighted by Gasteiger charge is -2.28. The Hall–Kier alpha value is -2.09. The first kappa shape index (κ1) is 30.5. The van der Waals surface area contributed by atoms with Gasteiger partial charge in [-0.25, -0.2) is 0 Å². The molecule has 11 nitrogen and oxygen atoms in total. The second kappa shape index (κ2) is 11.6. The van der Waals surface area contributed by atoms with Crippen LogP contribution in [0.3, 0.4) is 0 Å². The van der Waals surface area contributed by atoms with Crippen LogP contribution in [0.5, 0.6) is 11.8 Å². The van der Waals surface area contributed by atoms with Crippen LogP contribution in [-0.2, 0) is 44.6 Å². The van der Waals surface area contributed by atoms with Crippen molar-refractivity contribution < 1.29 is 48.3 Å². The number of aromatic nitrogens is 1. The number of ether oxygens (including phenoxy) is 5. The Morgan fingerprint density at radius 2 is 1.29 bits per heavy atom. The van der Waals surface area contributed by atoms with E-state index in [0.717, 1.165) is 0 Å². The number of aromatic hydroxyl groups is 2. The molecule has 3 heterocycles. The topological polar surface area (TPSA) is 143 Å². The van der Waals surface area contributed by atoms with Gasteiger partial charge in [0, 0.05) is 0 Å². The normalized spacial score (nSPS) is 18.4. The minimum Gasteiger partial charge on any atom is -0.494 e. The van der Waals surface area contributed by atoms with Gasteiger partial charge in [0.15, 0.2) is 0 Å². The SMILES string of the molecule is CC(C)(Br)C(=O)OCC(C)(COC(=O)C(C)(C)Br)C(=O)OCCOCCn1c(O)c2c(c1O)C1C=CC2O1. The predicted octanol–water partition coefficient (Wildman–Crippen LogP) is 3.58. The van der Waals surface area contributed by atoms with Crippen LogP contribution in [-0.4, -0.2) is 74.4 Å². The molecule has 0 saturated heterocycles. The summed E-state index contributed by atoms with van der Waals surface area (Å²) < 4.78 is 26.5. The van der Waals surface area contributed by atoms with E-state index in [1.165, 1.54) is 11.5 Å². The zero-order valence-corrected chi connectivity index (χ0v) is 25.1. The van der Waals surface area contributed by atoms with Crippen LogP contribution in [0.1, 0.15) is 58.0 Å². The van der Waals surface area contributed by atoms with E-state index in [9.17, 15) is 24.6 Å². The molecular weight excluding hydrogens is 634 g/mol. The first-order valence-corrected chi connectivity index (χ1v) is 13.6. The van der Waals surface area contributed by atoms with Gasteiger partial charge in [0.1, 0.15) is 46.1 Å². The van der Waals surface area contributed by atoms with Crippen LogP contribution >= 0.6 is 31.9 Å². The van der Waals surface area contributed by atoms with Crippen molar-refractivity contribution in [1.29, 1.82) is 0 Å². The Morgan fingerprint density at radius 1 is 0.816 bits per heavy atom. The van der Waals surface area contributed by atoms with Crippen LogP contribution in [0.25, 0.3) is 0 Å². The molecule has 0 amide bonds. The number of hydrogen-bond acceptors (Lipinski definition) is 10. The molecule has 2 aliphatic heterocycles. The van der Waals surface area contributed by atoms with Crippen molar-refractivity contribution in [3.8, 4) is 11.8 Å². The van der Waals surface area contributed by atoms with Crippen molar-refractivity contribution in [1.82, 2.24) is 4.57 Å². The van der Waals surface area contributed by atoms with Gasteiger partial charge in [-0.05, 0) is 34.6 Å². The molecule has 0 radical (unpaired) electrons. The molecule has 2 aliphatic rings. The summed E-state index contributed by atoms with van der Waals surface area (Å²) in [6.45, 7) is 7.36. The number of alkyl halides is 2. The van der Waals surface area contributed by atoms with Gasteiger partial charge >= 0.3 is 17.9 Å². The van der Waals surface area contributed by atoms with E-state index >= 15 is 0 Å². The summed E-state index contributed by atoms with van der Waals surface area (Å²) in [4.78, 5) is 37.3. The number of esters is 3. The third kappa shape index (κ3) is 6.72. The highest BCUT2D eigenvalue weighted by Gasteiger charge is 2.43. The van der Waals surface area contributed by atoms with Crippen LogP contribution in [0.15, 0.2) is 12.2 Å². The quantitative estimate of drug-likeness (QED) is 0.105. The summed E-state index contributed by atoms with van der Waals surface area (Å²) in [6.07, 6.45) is 2.94. The molecule has 0 fully saturated rings. The van der Waals surface area contributed by atoms with Crippen molar-refractivity contribution in [2.75, 3.05) is 33.0 Å². The number of carbonyl (C=O) groups excluding carboxylic acids is 3. The lowest BCUT2D eigenvalue weighted by atomic mass is 9.93. The minimum absolute atomic E-state index is 0.0304. The average molecular weight is 667 g/mol. The van der Waals surface area contributed by atoms with Crippen molar-refractivity contribution in [2.45, 2.75) is 62.0 Å². The van der Waals surface area contributed by atoms with Gasteiger partial charge < -0.3 is 33.9 Å². The van der Waals surface area contributed by atoms with Gasteiger partial charge in [0.05, 0.1) is 30.9 Å². The molecule has 2 N–H and O–H groups in total. The smallest absolute Gasteiger partial charge is 0.322 e. The summed E-state index contributed by atoms with van der Waals surface area (Å²) in [6, 6.07) is 0.